The van der Waals surface area contributed by atoms with Crippen LogP contribution in [0.25, 0.3) is 0 Å². The minimum absolute atomic E-state index is 0.0210. The number of carbonyl (C=O) groups excluding carboxylic acids is 4. The molecule has 0 aromatic rings. The van der Waals surface area contributed by atoms with Gasteiger partial charge in [0.2, 0.25) is 33.7 Å². The van der Waals surface area contributed by atoms with Gasteiger partial charge in [-0.15, -0.1) is 0 Å². The zero-order valence-corrected chi connectivity index (χ0v) is 19.0. The second kappa shape index (κ2) is 7.90. The van der Waals surface area contributed by atoms with Crippen LogP contribution in [0.15, 0.2) is 0 Å². The van der Waals surface area contributed by atoms with Crippen LogP contribution in [0, 0.1) is 23.7 Å². The summed E-state index contributed by atoms with van der Waals surface area (Å²) in [7, 11) is -4.11. The number of nitrogens with zero attached hydrogens (tertiary/aromatic N) is 2. The van der Waals surface area contributed by atoms with Crippen LogP contribution in [0.3, 0.4) is 0 Å². The molecule has 5 aliphatic rings. The molecule has 32 heavy (non-hydrogen) atoms. The van der Waals surface area contributed by atoms with Crippen molar-refractivity contribution in [3.8, 4) is 0 Å². The van der Waals surface area contributed by atoms with Crippen molar-refractivity contribution in [2.75, 3.05) is 0 Å². The molecule has 2 heterocycles. The Morgan fingerprint density at radius 1 is 0.625 bits per heavy atom. The van der Waals surface area contributed by atoms with Gasteiger partial charge in [-0.05, 0) is 44.9 Å². The number of fused-ring (bicyclic) bond motifs is 2. The molecule has 7 atom stereocenters. The lowest BCUT2D eigenvalue weighted by atomic mass is 9.81. The van der Waals surface area contributed by atoms with E-state index in [1.807, 2.05) is 0 Å². The molecule has 0 spiro atoms. The Hall–Kier alpha value is -1.81. The first-order valence-electron chi connectivity index (χ1n) is 12.0. The average molecular weight is 466 g/mol. The summed E-state index contributed by atoms with van der Waals surface area (Å²) in [5, 5.41) is 4.42. The summed E-state index contributed by atoms with van der Waals surface area (Å²) in [6.07, 6.45) is 6.90. The molecule has 5 rings (SSSR count). The highest BCUT2D eigenvalue weighted by Gasteiger charge is 2.56. The van der Waals surface area contributed by atoms with Crippen molar-refractivity contribution in [1.82, 2.24) is 9.80 Å². The molecule has 0 aromatic carbocycles. The topological polar surface area (TPSA) is 135 Å². The van der Waals surface area contributed by atoms with Gasteiger partial charge < -0.3 is 0 Å². The summed E-state index contributed by atoms with van der Waals surface area (Å²) >= 11 is 0. The van der Waals surface area contributed by atoms with Crippen molar-refractivity contribution in [3.05, 3.63) is 0 Å². The second-order valence-electron chi connectivity index (χ2n) is 10.2. The highest BCUT2D eigenvalue weighted by atomic mass is 32.2. The van der Waals surface area contributed by atoms with E-state index >= 15 is 0 Å². The van der Waals surface area contributed by atoms with Gasteiger partial charge in [-0.1, -0.05) is 25.7 Å². The van der Waals surface area contributed by atoms with Crippen LogP contribution in [-0.4, -0.2) is 59.2 Å². The smallest absolute Gasteiger partial charge is 0.233 e. The molecule has 7 unspecified atom stereocenters. The number of imide groups is 2. The van der Waals surface area contributed by atoms with Gasteiger partial charge in [0.05, 0.1) is 35.0 Å². The number of hydrogen-bond donors (Lipinski definition) is 1. The number of amides is 4. The third-order valence-corrected chi connectivity index (χ3v) is 9.95. The molecule has 2 saturated heterocycles. The van der Waals surface area contributed by atoms with E-state index in [2.05, 4.69) is 0 Å². The molecule has 0 bridgehead atoms. The molecule has 3 aliphatic carbocycles. The maximum absolute atomic E-state index is 13.1. The van der Waals surface area contributed by atoms with Crippen molar-refractivity contribution >= 4 is 33.7 Å². The summed E-state index contributed by atoms with van der Waals surface area (Å²) in [6, 6.07) is -1.39. The van der Waals surface area contributed by atoms with Crippen molar-refractivity contribution in [3.63, 3.8) is 0 Å². The van der Waals surface area contributed by atoms with Crippen LogP contribution in [0.4, 0.5) is 0 Å². The molecule has 5 fully saturated rings. The normalized spacial score (nSPS) is 40.6. The Labute approximate surface area is 188 Å². The predicted molar refractivity (Wildman–Crippen MR) is 113 cm³/mol. The Morgan fingerprint density at radius 3 is 1.44 bits per heavy atom. The first-order chi connectivity index (χ1) is 15.2. The van der Waals surface area contributed by atoms with Crippen molar-refractivity contribution in [2.24, 2.45) is 28.8 Å². The first kappa shape index (κ1) is 22.0. The number of likely N-dealkylation sites (tertiary alicyclic amines) is 2. The molecule has 4 amide bonds. The summed E-state index contributed by atoms with van der Waals surface area (Å²) in [5.41, 5.74) is 0. The van der Waals surface area contributed by atoms with Crippen LogP contribution in [0.5, 0.6) is 0 Å². The Balaban J connectivity index is 1.40. The maximum Gasteiger partial charge on any atom is 0.233 e. The Bertz CT molecular complexity index is 917. The molecule has 3 saturated carbocycles. The summed E-state index contributed by atoms with van der Waals surface area (Å²) in [4.78, 5) is 54.7. The van der Waals surface area contributed by atoms with Gasteiger partial charge in [0.15, 0.2) is 0 Å². The SMILES string of the molecule is NS(=O)(=O)C1CC(N2C(=O)C3CCCCC3C2=O)CCC1N1C(=O)C2CCCCC2C1=O. The zero-order chi connectivity index (χ0) is 22.8. The predicted octanol–water partition coefficient (Wildman–Crippen LogP) is 0.915. The standard InChI is InChI=1S/C22H31N3O6S/c23-32(30,31)18-11-12(24-19(26)13-5-1-2-6-14(13)20(24)27)9-10-17(18)25-21(28)15-7-3-4-8-16(15)22(25)29/h12-18H,1-11H2,(H2,23,30,31). The van der Waals surface area contributed by atoms with Crippen LogP contribution in [0.1, 0.15) is 70.6 Å². The fourth-order valence-corrected chi connectivity index (χ4v) is 8.22. The van der Waals surface area contributed by atoms with Gasteiger partial charge in [0, 0.05) is 6.04 Å². The van der Waals surface area contributed by atoms with E-state index in [-0.39, 0.29) is 60.1 Å². The van der Waals surface area contributed by atoms with Crippen molar-refractivity contribution < 1.29 is 27.6 Å². The van der Waals surface area contributed by atoms with Crippen LogP contribution < -0.4 is 5.14 Å². The van der Waals surface area contributed by atoms with Gasteiger partial charge in [-0.2, -0.15) is 0 Å². The van der Waals surface area contributed by atoms with Crippen LogP contribution >= 0.6 is 0 Å². The molecule has 10 heteroatoms. The lowest BCUT2D eigenvalue weighted by Gasteiger charge is -2.41. The van der Waals surface area contributed by atoms with Crippen molar-refractivity contribution in [2.45, 2.75) is 88.0 Å². The van der Waals surface area contributed by atoms with Crippen LogP contribution in [0.2, 0.25) is 0 Å². The third-order valence-electron chi connectivity index (χ3n) is 8.60. The van der Waals surface area contributed by atoms with Gasteiger partial charge in [-0.3, -0.25) is 29.0 Å². The molecular weight excluding hydrogens is 434 g/mol. The molecule has 2 N–H and O–H groups in total. The highest BCUT2D eigenvalue weighted by Crippen LogP contribution is 2.44. The zero-order valence-electron chi connectivity index (χ0n) is 18.1. The van der Waals surface area contributed by atoms with E-state index in [1.54, 1.807) is 0 Å². The van der Waals surface area contributed by atoms with Gasteiger partial charge >= 0.3 is 0 Å². The first-order valence-corrected chi connectivity index (χ1v) is 13.6. The van der Waals surface area contributed by atoms with Gasteiger partial charge in [0.25, 0.3) is 0 Å². The summed E-state index contributed by atoms with van der Waals surface area (Å²) < 4.78 is 25.2. The molecule has 176 valence electrons. The number of nitrogens with two attached hydrogens (primary N) is 1. The van der Waals surface area contributed by atoms with Crippen LogP contribution in [-0.2, 0) is 29.2 Å². The van der Waals surface area contributed by atoms with E-state index in [4.69, 9.17) is 5.14 Å². The molecule has 9 nitrogen and oxygen atoms in total. The third kappa shape index (κ3) is 3.32. The molecule has 0 aromatic heterocycles. The maximum atomic E-state index is 13.1. The largest absolute Gasteiger partial charge is 0.279 e. The Morgan fingerprint density at radius 2 is 1.03 bits per heavy atom. The Kier molecular flexibility index (Phi) is 5.43. The lowest BCUT2D eigenvalue weighted by molar-refractivity contribution is -0.148. The monoisotopic (exact) mass is 465 g/mol. The minimum Gasteiger partial charge on any atom is -0.279 e. The number of primary sulfonamides is 1. The number of carbonyl (C=O) groups is 4. The average Bonchev–Trinajstić information content (AvgIpc) is 3.18. The molecule has 2 aliphatic heterocycles. The minimum atomic E-state index is -4.11. The van der Waals surface area contributed by atoms with E-state index in [9.17, 15) is 27.6 Å². The summed E-state index contributed by atoms with van der Waals surface area (Å²) in [5.74, 6) is -2.28. The van der Waals surface area contributed by atoms with Gasteiger partial charge in [0.1, 0.15) is 0 Å². The van der Waals surface area contributed by atoms with E-state index in [0.717, 1.165) is 25.7 Å². The number of rotatable bonds is 3. The lowest BCUT2D eigenvalue weighted by Crippen LogP contribution is -2.58. The fourth-order valence-electron chi connectivity index (χ4n) is 7.04. The summed E-state index contributed by atoms with van der Waals surface area (Å²) in [6.45, 7) is 0. The van der Waals surface area contributed by atoms with Gasteiger partial charge in [-0.25, -0.2) is 13.6 Å². The van der Waals surface area contributed by atoms with E-state index in [1.165, 1.54) is 9.80 Å². The second-order valence-corrected chi connectivity index (χ2v) is 12.0. The highest BCUT2D eigenvalue weighted by molar-refractivity contribution is 7.89. The van der Waals surface area contributed by atoms with E-state index < -0.39 is 27.4 Å². The van der Waals surface area contributed by atoms with Crippen molar-refractivity contribution in [1.29, 1.82) is 0 Å². The fraction of sp³-hybridized carbons (Fsp3) is 0.818. The van der Waals surface area contributed by atoms with E-state index in [0.29, 0.717) is 32.1 Å². The quantitative estimate of drug-likeness (QED) is 0.616. The molecular formula is C22H31N3O6S. The molecule has 0 radical (unpaired) electrons. The number of sulfonamides is 1. The number of hydrogen-bond acceptors (Lipinski definition) is 6.